The zero-order chi connectivity index (χ0) is 11.4. The van der Waals surface area contributed by atoms with Crippen molar-refractivity contribution in [2.45, 2.75) is 13.0 Å². The van der Waals surface area contributed by atoms with Crippen LogP contribution >= 0.6 is 0 Å². The van der Waals surface area contributed by atoms with Crippen LogP contribution in [0.2, 0.25) is 0 Å². The van der Waals surface area contributed by atoms with E-state index >= 15 is 0 Å². The number of hydrogen-bond acceptors (Lipinski definition) is 2. The Bertz CT molecular complexity index is 379. The highest BCUT2D eigenvalue weighted by Gasteiger charge is 2.18. The first-order valence-electron chi connectivity index (χ1n) is 5.46. The SMILES string of the molecule is COc1ccccc1CN1CCCNC1=O. The van der Waals surface area contributed by atoms with Gasteiger partial charge in [-0.25, -0.2) is 4.79 Å². The number of nitrogens with one attached hydrogen (secondary N) is 1. The van der Waals surface area contributed by atoms with Crippen LogP contribution in [0.25, 0.3) is 0 Å². The van der Waals surface area contributed by atoms with Gasteiger partial charge < -0.3 is 15.0 Å². The van der Waals surface area contributed by atoms with Crippen molar-refractivity contribution in [3.8, 4) is 5.75 Å². The van der Waals surface area contributed by atoms with Gasteiger partial charge in [0.2, 0.25) is 0 Å². The summed E-state index contributed by atoms with van der Waals surface area (Å²) in [7, 11) is 1.65. The summed E-state index contributed by atoms with van der Waals surface area (Å²) in [6, 6.07) is 7.80. The van der Waals surface area contributed by atoms with E-state index in [2.05, 4.69) is 5.32 Å². The summed E-state index contributed by atoms with van der Waals surface area (Å²) >= 11 is 0. The number of urea groups is 1. The molecule has 0 spiro atoms. The predicted molar refractivity (Wildman–Crippen MR) is 61.4 cm³/mol. The van der Waals surface area contributed by atoms with Gasteiger partial charge in [-0.05, 0) is 12.5 Å². The molecule has 0 atom stereocenters. The van der Waals surface area contributed by atoms with E-state index in [1.165, 1.54) is 0 Å². The van der Waals surface area contributed by atoms with Crippen LogP contribution in [0, 0.1) is 0 Å². The van der Waals surface area contributed by atoms with E-state index in [4.69, 9.17) is 4.74 Å². The Balaban J connectivity index is 2.10. The lowest BCUT2D eigenvalue weighted by atomic mass is 10.2. The van der Waals surface area contributed by atoms with Gasteiger partial charge in [0.1, 0.15) is 5.75 Å². The molecule has 2 amide bonds. The van der Waals surface area contributed by atoms with E-state index in [1.54, 1.807) is 12.0 Å². The van der Waals surface area contributed by atoms with E-state index in [-0.39, 0.29) is 6.03 Å². The molecule has 1 fully saturated rings. The van der Waals surface area contributed by atoms with Crippen molar-refractivity contribution < 1.29 is 9.53 Å². The van der Waals surface area contributed by atoms with Crippen LogP contribution in [0.5, 0.6) is 5.75 Å². The molecule has 1 aromatic rings. The van der Waals surface area contributed by atoms with Crippen molar-refractivity contribution in [1.29, 1.82) is 0 Å². The molecule has 0 aromatic heterocycles. The molecule has 1 N–H and O–H groups in total. The lowest BCUT2D eigenvalue weighted by molar-refractivity contribution is 0.182. The first kappa shape index (κ1) is 10.8. The largest absolute Gasteiger partial charge is 0.496 e. The van der Waals surface area contributed by atoms with Crippen molar-refractivity contribution in [1.82, 2.24) is 10.2 Å². The van der Waals surface area contributed by atoms with Gasteiger partial charge in [-0.1, -0.05) is 18.2 Å². The number of benzene rings is 1. The number of carbonyl (C=O) groups is 1. The molecule has 2 rings (SSSR count). The van der Waals surface area contributed by atoms with Gasteiger partial charge >= 0.3 is 6.03 Å². The molecule has 86 valence electrons. The number of rotatable bonds is 3. The van der Waals surface area contributed by atoms with Gasteiger partial charge in [-0.2, -0.15) is 0 Å². The summed E-state index contributed by atoms with van der Waals surface area (Å²) in [5.74, 6) is 0.834. The minimum Gasteiger partial charge on any atom is -0.496 e. The summed E-state index contributed by atoms with van der Waals surface area (Å²) in [5.41, 5.74) is 1.04. The first-order valence-corrected chi connectivity index (χ1v) is 5.46. The molecule has 1 aliphatic heterocycles. The Labute approximate surface area is 95.2 Å². The first-order chi connectivity index (χ1) is 7.81. The Morgan fingerprint density at radius 1 is 1.44 bits per heavy atom. The summed E-state index contributed by atoms with van der Waals surface area (Å²) in [5, 5.41) is 2.84. The monoisotopic (exact) mass is 220 g/mol. The molecule has 1 heterocycles. The van der Waals surface area contributed by atoms with Crippen LogP contribution in [-0.4, -0.2) is 31.1 Å². The second kappa shape index (κ2) is 4.88. The topological polar surface area (TPSA) is 41.6 Å². The molecular formula is C12H16N2O2. The molecule has 0 saturated carbocycles. The molecule has 1 aliphatic rings. The Hall–Kier alpha value is -1.71. The second-order valence-electron chi connectivity index (χ2n) is 3.82. The second-order valence-corrected chi connectivity index (χ2v) is 3.82. The lowest BCUT2D eigenvalue weighted by Gasteiger charge is -2.27. The van der Waals surface area contributed by atoms with Crippen molar-refractivity contribution in [2.75, 3.05) is 20.2 Å². The molecule has 4 nitrogen and oxygen atoms in total. The molecule has 1 aromatic carbocycles. The van der Waals surface area contributed by atoms with Crippen LogP contribution in [0.4, 0.5) is 4.79 Å². The van der Waals surface area contributed by atoms with Crippen LogP contribution in [0.3, 0.4) is 0 Å². The molecule has 16 heavy (non-hydrogen) atoms. The van der Waals surface area contributed by atoms with Crippen molar-refractivity contribution in [2.24, 2.45) is 0 Å². The smallest absolute Gasteiger partial charge is 0.317 e. The maximum Gasteiger partial charge on any atom is 0.317 e. The highest BCUT2D eigenvalue weighted by atomic mass is 16.5. The standard InChI is InChI=1S/C12H16N2O2/c1-16-11-6-3-2-5-10(11)9-14-8-4-7-13-12(14)15/h2-3,5-6H,4,7-9H2,1H3,(H,13,15). The quantitative estimate of drug-likeness (QED) is 0.840. The summed E-state index contributed by atoms with van der Waals surface area (Å²) < 4.78 is 5.26. The molecular weight excluding hydrogens is 204 g/mol. The van der Waals surface area contributed by atoms with Crippen molar-refractivity contribution in [3.05, 3.63) is 29.8 Å². The Morgan fingerprint density at radius 2 is 2.25 bits per heavy atom. The fraction of sp³-hybridized carbons (Fsp3) is 0.417. The van der Waals surface area contributed by atoms with Crippen LogP contribution in [0.1, 0.15) is 12.0 Å². The van der Waals surface area contributed by atoms with E-state index in [0.29, 0.717) is 6.54 Å². The number of carbonyl (C=O) groups excluding carboxylic acids is 1. The molecule has 0 unspecified atom stereocenters. The maximum absolute atomic E-state index is 11.6. The minimum absolute atomic E-state index is 0.0113. The molecule has 0 aliphatic carbocycles. The molecule has 1 saturated heterocycles. The average molecular weight is 220 g/mol. The van der Waals surface area contributed by atoms with Crippen LogP contribution in [-0.2, 0) is 6.54 Å². The van der Waals surface area contributed by atoms with Gasteiger partial charge in [0, 0.05) is 18.7 Å². The highest BCUT2D eigenvalue weighted by Crippen LogP contribution is 2.19. The normalized spacial score (nSPS) is 15.8. The summed E-state index contributed by atoms with van der Waals surface area (Å²) in [4.78, 5) is 13.4. The fourth-order valence-corrected chi connectivity index (χ4v) is 1.87. The number of methoxy groups -OCH3 is 1. The van der Waals surface area contributed by atoms with Gasteiger partial charge in [0.25, 0.3) is 0 Å². The third-order valence-electron chi connectivity index (χ3n) is 2.72. The van der Waals surface area contributed by atoms with Gasteiger partial charge in [-0.15, -0.1) is 0 Å². The lowest BCUT2D eigenvalue weighted by Crippen LogP contribution is -2.45. The molecule has 4 heteroatoms. The highest BCUT2D eigenvalue weighted by molar-refractivity contribution is 5.74. The Morgan fingerprint density at radius 3 is 3.00 bits per heavy atom. The van der Waals surface area contributed by atoms with Crippen molar-refractivity contribution in [3.63, 3.8) is 0 Å². The average Bonchev–Trinajstić information content (AvgIpc) is 2.33. The molecule has 0 bridgehead atoms. The van der Waals surface area contributed by atoms with E-state index in [9.17, 15) is 4.79 Å². The number of ether oxygens (including phenoxy) is 1. The number of nitrogens with zero attached hydrogens (tertiary/aromatic N) is 1. The fourth-order valence-electron chi connectivity index (χ4n) is 1.87. The number of para-hydroxylation sites is 1. The van der Waals surface area contributed by atoms with E-state index in [0.717, 1.165) is 30.8 Å². The zero-order valence-electron chi connectivity index (χ0n) is 9.40. The summed E-state index contributed by atoms with van der Waals surface area (Å²) in [6.45, 7) is 2.20. The van der Waals surface area contributed by atoms with Gasteiger partial charge in [0.05, 0.1) is 13.7 Å². The van der Waals surface area contributed by atoms with Crippen LogP contribution in [0.15, 0.2) is 24.3 Å². The summed E-state index contributed by atoms with van der Waals surface area (Å²) in [6.07, 6.45) is 1.00. The zero-order valence-corrected chi connectivity index (χ0v) is 9.40. The number of amides is 2. The van der Waals surface area contributed by atoms with E-state index in [1.807, 2.05) is 24.3 Å². The minimum atomic E-state index is 0.0113. The predicted octanol–water partition coefficient (Wildman–Crippen LogP) is 1.61. The molecule has 0 radical (unpaired) electrons. The maximum atomic E-state index is 11.6. The third-order valence-corrected chi connectivity index (χ3v) is 2.72. The number of hydrogen-bond donors (Lipinski definition) is 1. The van der Waals surface area contributed by atoms with E-state index < -0.39 is 0 Å². The van der Waals surface area contributed by atoms with Crippen LogP contribution < -0.4 is 10.1 Å². The Kier molecular flexibility index (Phi) is 3.29. The van der Waals surface area contributed by atoms with Crippen molar-refractivity contribution >= 4 is 6.03 Å². The third kappa shape index (κ3) is 2.27. The van der Waals surface area contributed by atoms with Gasteiger partial charge in [-0.3, -0.25) is 0 Å². The van der Waals surface area contributed by atoms with Gasteiger partial charge in [0.15, 0.2) is 0 Å².